The second kappa shape index (κ2) is 7.94. The Labute approximate surface area is 193 Å². The van der Waals surface area contributed by atoms with E-state index in [9.17, 15) is 9.59 Å². The highest BCUT2D eigenvalue weighted by Gasteiger charge is 2.32. The molecule has 0 N–H and O–H groups in total. The van der Waals surface area contributed by atoms with Crippen LogP contribution in [0.4, 0.5) is 5.69 Å². The molecule has 0 spiro atoms. The second-order valence-corrected chi connectivity index (χ2v) is 9.57. The van der Waals surface area contributed by atoms with Crippen molar-refractivity contribution in [1.29, 1.82) is 0 Å². The number of ether oxygens (including phenoxy) is 2. The lowest BCUT2D eigenvalue weighted by molar-refractivity contribution is -0.118. The standard InChI is InChI=1S/C27H29NO5/c1-16-19(14-23(29)28-13-7-9-17-8-5-6-10-20(17)28)26(30)32-25-18-11-12-27(2,3)33-21(18)15-22(31-4)24(16)25/h5-6,8,10,15H,7,9,11-14H2,1-4H3. The average Bonchev–Trinajstić information content (AvgIpc) is 2.79. The van der Waals surface area contributed by atoms with Crippen LogP contribution in [0.25, 0.3) is 11.0 Å². The summed E-state index contributed by atoms with van der Waals surface area (Å²) in [6.07, 6.45) is 3.41. The molecule has 2 aliphatic heterocycles. The van der Waals surface area contributed by atoms with Crippen LogP contribution in [0, 0.1) is 6.92 Å². The number of carbonyl (C=O) groups excluding carboxylic acids is 1. The minimum Gasteiger partial charge on any atom is -0.496 e. The number of hydrogen-bond donors (Lipinski definition) is 0. The maximum Gasteiger partial charge on any atom is 0.340 e. The first-order valence-electron chi connectivity index (χ1n) is 11.5. The van der Waals surface area contributed by atoms with Gasteiger partial charge in [-0.1, -0.05) is 18.2 Å². The van der Waals surface area contributed by atoms with Crippen molar-refractivity contribution in [2.45, 2.75) is 58.5 Å². The lowest BCUT2D eigenvalue weighted by Crippen LogP contribution is -2.37. The number of nitrogens with zero attached hydrogens (tertiary/aromatic N) is 1. The van der Waals surface area contributed by atoms with E-state index in [1.54, 1.807) is 12.0 Å². The highest BCUT2D eigenvalue weighted by molar-refractivity contribution is 5.98. The highest BCUT2D eigenvalue weighted by Crippen LogP contribution is 2.43. The van der Waals surface area contributed by atoms with Crippen molar-refractivity contribution >= 4 is 22.6 Å². The molecule has 33 heavy (non-hydrogen) atoms. The molecule has 1 aromatic heterocycles. The number of para-hydroxylation sites is 1. The van der Waals surface area contributed by atoms with E-state index >= 15 is 0 Å². The van der Waals surface area contributed by atoms with Crippen LogP contribution in [0.3, 0.4) is 0 Å². The van der Waals surface area contributed by atoms with E-state index in [1.165, 1.54) is 0 Å². The van der Waals surface area contributed by atoms with E-state index in [0.717, 1.165) is 53.4 Å². The van der Waals surface area contributed by atoms with Crippen molar-refractivity contribution in [1.82, 2.24) is 0 Å². The van der Waals surface area contributed by atoms with Crippen molar-refractivity contribution in [3.05, 3.63) is 63.0 Å². The van der Waals surface area contributed by atoms with Gasteiger partial charge in [-0.15, -0.1) is 0 Å². The number of amides is 1. The zero-order valence-corrected chi connectivity index (χ0v) is 19.6. The monoisotopic (exact) mass is 447 g/mol. The van der Waals surface area contributed by atoms with Gasteiger partial charge in [-0.2, -0.15) is 0 Å². The quantitative estimate of drug-likeness (QED) is 0.543. The fourth-order valence-electron chi connectivity index (χ4n) is 5.09. The molecule has 0 fully saturated rings. The molecule has 3 heterocycles. The molecule has 0 saturated carbocycles. The summed E-state index contributed by atoms with van der Waals surface area (Å²) in [5, 5.41) is 0.737. The topological polar surface area (TPSA) is 69.0 Å². The molecule has 2 aliphatic rings. The Morgan fingerprint density at radius 3 is 2.79 bits per heavy atom. The Kier molecular flexibility index (Phi) is 5.19. The van der Waals surface area contributed by atoms with Gasteiger partial charge >= 0.3 is 5.63 Å². The molecule has 3 aromatic rings. The number of anilines is 1. The number of benzene rings is 2. The fourth-order valence-corrected chi connectivity index (χ4v) is 5.09. The molecule has 0 saturated heterocycles. The zero-order valence-electron chi connectivity index (χ0n) is 19.6. The summed E-state index contributed by atoms with van der Waals surface area (Å²) in [5.74, 6) is 1.17. The van der Waals surface area contributed by atoms with E-state index in [0.29, 0.717) is 29.2 Å². The van der Waals surface area contributed by atoms with E-state index in [-0.39, 0.29) is 17.9 Å². The third kappa shape index (κ3) is 3.67. The molecular formula is C27H29NO5. The number of methoxy groups -OCH3 is 1. The van der Waals surface area contributed by atoms with Gasteiger partial charge in [0.05, 0.1) is 24.5 Å². The number of fused-ring (bicyclic) bond motifs is 4. The van der Waals surface area contributed by atoms with Crippen LogP contribution in [-0.2, 0) is 24.1 Å². The van der Waals surface area contributed by atoms with Gasteiger partial charge in [-0.3, -0.25) is 4.79 Å². The molecule has 6 heteroatoms. The van der Waals surface area contributed by atoms with Crippen LogP contribution in [0.15, 0.2) is 39.5 Å². The minimum absolute atomic E-state index is 0.0117. The third-order valence-corrected chi connectivity index (χ3v) is 6.90. The highest BCUT2D eigenvalue weighted by atomic mass is 16.5. The molecule has 2 aromatic carbocycles. The average molecular weight is 448 g/mol. The predicted molar refractivity (Wildman–Crippen MR) is 128 cm³/mol. The van der Waals surface area contributed by atoms with Crippen molar-refractivity contribution in [3.8, 4) is 11.5 Å². The van der Waals surface area contributed by atoms with Gasteiger partial charge in [-0.25, -0.2) is 4.79 Å². The Morgan fingerprint density at radius 2 is 2.00 bits per heavy atom. The molecule has 0 aliphatic carbocycles. The van der Waals surface area contributed by atoms with Crippen LogP contribution in [-0.4, -0.2) is 25.2 Å². The van der Waals surface area contributed by atoms with Gasteiger partial charge in [0, 0.05) is 23.9 Å². The van der Waals surface area contributed by atoms with Gasteiger partial charge < -0.3 is 18.8 Å². The largest absolute Gasteiger partial charge is 0.496 e. The summed E-state index contributed by atoms with van der Waals surface area (Å²) >= 11 is 0. The first-order valence-corrected chi connectivity index (χ1v) is 11.5. The summed E-state index contributed by atoms with van der Waals surface area (Å²) in [5.41, 5.74) is 3.82. The predicted octanol–water partition coefficient (Wildman–Crippen LogP) is 4.74. The molecule has 0 unspecified atom stereocenters. The molecule has 6 nitrogen and oxygen atoms in total. The van der Waals surface area contributed by atoms with Crippen LogP contribution in [0.5, 0.6) is 11.5 Å². The van der Waals surface area contributed by atoms with Crippen LogP contribution in [0.2, 0.25) is 0 Å². The summed E-state index contributed by atoms with van der Waals surface area (Å²) in [6.45, 7) is 6.61. The third-order valence-electron chi connectivity index (χ3n) is 6.90. The van der Waals surface area contributed by atoms with Crippen LogP contribution < -0.4 is 20.0 Å². The van der Waals surface area contributed by atoms with Gasteiger partial charge in [0.15, 0.2) is 0 Å². The summed E-state index contributed by atoms with van der Waals surface area (Å²) < 4.78 is 17.7. The molecule has 1 amide bonds. The van der Waals surface area contributed by atoms with Crippen LogP contribution >= 0.6 is 0 Å². The minimum atomic E-state index is -0.473. The lowest BCUT2D eigenvalue weighted by Gasteiger charge is -2.33. The summed E-state index contributed by atoms with van der Waals surface area (Å²) in [7, 11) is 1.59. The lowest BCUT2D eigenvalue weighted by atomic mass is 9.91. The number of aryl methyl sites for hydroxylation is 3. The molecular weight excluding hydrogens is 418 g/mol. The normalized spacial score (nSPS) is 16.7. The smallest absolute Gasteiger partial charge is 0.340 e. The van der Waals surface area contributed by atoms with Gasteiger partial charge in [0.2, 0.25) is 5.91 Å². The summed E-state index contributed by atoms with van der Waals surface area (Å²) in [4.78, 5) is 28.2. The molecule has 5 rings (SSSR count). The number of rotatable bonds is 3. The Morgan fingerprint density at radius 1 is 1.21 bits per heavy atom. The van der Waals surface area contributed by atoms with Crippen molar-refractivity contribution in [2.75, 3.05) is 18.6 Å². The van der Waals surface area contributed by atoms with Gasteiger partial charge in [0.1, 0.15) is 22.7 Å². The number of hydrogen-bond acceptors (Lipinski definition) is 5. The maximum atomic E-state index is 13.3. The number of carbonyl (C=O) groups is 1. The summed E-state index contributed by atoms with van der Waals surface area (Å²) in [6, 6.07) is 9.84. The molecule has 0 atom stereocenters. The zero-order chi connectivity index (χ0) is 23.3. The van der Waals surface area contributed by atoms with E-state index in [1.807, 2.05) is 45.0 Å². The first-order chi connectivity index (χ1) is 15.8. The van der Waals surface area contributed by atoms with Crippen molar-refractivity contribution in [2.24, 2.45) is 0 Å². The van der Waals surface area contributed by atoms with E-state index < -0.39 is 5.63 Å². The van der Waals surface area contributed by atoms with Gasteiger partial charge in [0.25, 0.3) is 0 Å². The van der Waals surface area contributed by atoms with E-state index in [4.69, 9.17) is 13.9 Å². The van der Waals surface area contributed by atoms with Crippen molar-refractivity contribution < 1.29 is 18.7 Å². The molecule has 0 bridgehead atoms. The Hall–Kier alpha value is -3.28. The van der Waals surface area contributed by atoms with Gasteiger partial charge in [-0.05, 0) is 63.6 Å². The van der Waals surface area contributed by atoms with E-state index in [2.05, 4.69) is 6.07 Å². The fraction of sp³-hybridized carbons (Fsp3) is 0.407. The Bertz CT molecular complexity index is 1320. The second-order valence-electron chi connectivity index (χ2n) is 9.57. The Balaban J connectivity index is 1.58. The molecule has 172 valence electrons. The van der Waals surface area contributed by atoms with Crippen LogP contribution in [0.1, 0.15) is 48.9 Å². The maximum absolute atomic E-state index is 13.3. The first kappa shape index (κ1) is 21.6. The SMILES string of the molecule is COc1cc2c(c3oc(=O)c(CC(=O)N4CCCc5ccccc54)c(C)c13)CCC(C)(C)O2. The molecule has 0 radical (unpaired) electrons. The van der Waals surface area contributed by atoms with Crippen molar-refractivity contribution in [3.63, 3.8) is 0 Å².